The number of hydrogen-bond donors (Lipinski definition) is 1. The summed E-state index contributed by atoms with van der Waals surface area (Å²) in [7, 11) is -3.81. The number of aliphatic hydroxyl groups excluding tert-OH is 1. The van der Waals surface area contributed by atoms with Crippen molar-refractivity contribution in [3.05, 3.63) is 64.6 Å². The van der Waals surface area contributed by atoms with Gasteiger partial charge in [-0.05, 0) is 33.6 Å². The lowest BCUT2D eigenvalue weighted by Crippen LogP contribution is -2.13. The van der Waals surface area contributed by atoms with Gasteiger partial charge in [-0.3, -0.25) is 0 Å². The lowest BCUT2D eigenvalue weighted by Gasteiger charge is -2.13. The van der Waals surface area contributed by atoms with Crippen LogP contribution >= 0.6 is 15.9 Å². The summed E-state index contributed by atoms with van der Waals surface area (Å²) in [6.07, 6.45) is 0. The van der Waals surface area contributed by atoms with E-state index in [9.17, 15) is 13.5 Å². The normalized spacial score (nSPS) is 13.2. The molecule has 0 radical (unpaired) electrons. The molecule has 0 saturated carbocycles. The van der Waals surface area contributed by atoms with Crippen LogP contribution in [0.4, 0.5) is 0 Å². The van der Waals surface area contributed by atoms with Gasteiger partial charge in [0.1, 0.15) is 0 Å². The first-order chi connectivity index (χ1) is 8.53. The van der Waals surface area contributed by atoms with Crippen LogP contribution in [0.15, 0.2) is 64.0 Å². The van der Waals surface area contributed by atoms with E-state index in [-0.39, 0.29) is 4.90 Å². The summed E-state index contributed by atoms with van der Waals surface area (Å²) < 4.78 is 25.0. The first-order valence-corrected chi connectivity index (χ1v) is 7.59. The van der Waals surface area contributed by atoms with E-state index in [1.165, 1.54) is 6.07 Å². The number of halogens is 1. The highest BCUT2D eigenvalue weighted by Crippen LogP contribution is 2.30. The minimum atomic E-state index is -3.81. The molecule has 2 aromatic rings. The molecule has 0 amide bonds. The molecule has 0 heterocycles. The second kappa shape index (κ2) is 5.22. The maximum Gasteiger partial charge on any atom is 0.210 e. The Kier molecular flexibility index (Phi) is 3.85. The molecule has 2 rings (SSSR count). The van der Waals surface area contributed by atoms with Crippen LogP contribution in [0.2, 0.25) is 0 Å². The fourth-order valence-electron chi connectivity index (χ4n) is 1.59. The van der Waals surface area contributed by atoms with Crippen molar-refractivity contribution in [1.82, 2.24) is 0 Å². The predicted octanol–water partition coefficient (Wildman–Crippen LogP) is 2.91. The fourth-order valence-corrected chi connectivity index (χ4v) is 3.92. The van der Waals surface area contributed by atoms with Gasteiger partial charge in [0.05, 0.1) is 4.90 Å². The van der Waals surface area contributed by atoms with E-state index >= 15 is 0 Å². The highest BCUT2D eigenvalue weighted by atomic mass is 79.9. The number of benzene rings is 2. The lowest BCUT2D eigenvalue weighted by atomic mass is 10.2. The van der Waals surface area contributed by atoms with Crippen LogP contribution in [-0.2, 0) is 9.84 Å². The molecule has 0 fully saturated rings. The van der Waals surface area contributed by atoms with Gasteiger partial charge in [-0.25, -0.2) is 8.42 Å². The Bertz CT molecular complexity index is 638. The van der Waals surface area contributed by atoms with Gasteiger partial charge in [-0.2, -0.15) is 0 Å². The van der Waals surface area contributed by atoms with Gasteiger partial charge in [-0.15, -0.1) is 0 Å². The largest absolute Gasteiger partial charge is 0.373 e. The van der Waals surface area contributed by atoms with E-state index in [1.807, 2.05) is 0 Å². The lowest BCUT2D eigenvalue weighted by molar-refractivity contribution is 0.254. The van der Waals surface area contributed by atoms with Gasteiger partial charge >= 0.3 is 0 Å². The van der Waals surface area contributed by atoms with Crippen molar-refractivity contribution in [1.29, 1.82) is 0 Å². The Balaban J connectivity index is 2.48. The molecule has 1 unspecified atom stereocenters. The van der Waals surface area contributed by atoms with E-state index in [4.69, 9.17) is 0 Å². The first-order valence-electron chi connectivity index (χ1n) is 5.25. The van der Waals surface area contributed by atoms with Crippen LogP contribution in [0, 0.1) is 0 Å². The molecule has 0 spiro atoms. The fraction of sp³-hybridized carbons (Fsp3) is 0.0769. The summed E-state index contributed by atoms with van der Waals surface area (Å²) in [6.45, 7) is 0. The molecule has 3 nitrogen and oxygen atoms in total. The van der Waals surface area contributed by atoms with Crippen molar-refractivity contribution in [3.8, 4) is 0 Å². The van der Waals surface area contributed by atoms with Gasteiger partial charge in [0.15, 0.2) is 5.44 Å². The number of sulfone groups is 1. The van der Waals surface area contributed by atoms with Crippen molar-refractivity contribution in [3.63, 3.8) is 0 Å². The third-order valence-corrected chi connectivity index (χ3v) is 5.30. The maximum atomic E-state index is 12.3. The second-order valence-electron chi connectivity index (χ2n) is 3.74. The molecule has 1 atom stereocenters. The predicted molar refractivity (Wildman–Crippen MR) is 72.7 cm³/mol. The van der Waals surface area contributed by atoms with E-state index in [0.717, 1.165) is 0 Å². The highest BCUT2D eigenvalue weighted by Gasteiger charge is 2.28. The molecule has 1 N–H and O–H groups in total. The summed E-state index contributed by atoms with van der Waals surface area (Å²) >= 11 is 3.18. The van der Waals surface area contributed by atoms with E-state index in [2.05, 4.69) is 15.9 Å². The average molecular weight is 327 g/mol. The highest BCUT2D eigenvalue weighted by molar-refractivity contribution is 9.10. The van der Waals surface area contributed by atoms with Crippen LogP contribution in [0.3, 0.4) is 0 Å². The molecule has 0 aliphatic carbocycles. The topological polar surface area (TPSA) is 54.4 Å². The van der Waals surface area contributed by atoms with Crippen molar-refractivity contribution >= 4 is 25.8 Å². The molecular formula is C13H11BrO3S. The smallest absolute Gasteiger partial charge is 0.210 e. The van der Waals surface area contributed by atoms with Gasteiger partial charge in [0.25, 0.3) is 0 Å². The molecule has 0 aromatic heterocycles. The average Bonchev–Trinajstić information content (AvgIpc) is 2.39. The Morgan fingerprint density at radius 1 is 0.944 bits per heavy atom. The van der Waals surface area contributed by atoms with Gasteiger partial charge in [0.2, 0.25) is 9.84 Å². The van der Waals surface area contributed by atoms with Crippen molar-refractivity contribution in [2.75, 3.05) is 0 Å². The van der Waals surface area contributed by atoms with Crippen LogP contribution in [-0.4, -0.2) is 13.5 Å². The van der Waals surface area contributed by atoms with Crippen LogP contribution in [0.1, 0.15) is 11.0 Å². The zero-order chi connectivity index (χ0) is 13.2. The van der Waals surface area contributed by atoms with Gasteiger partial charge < -0.3 is 5.11 Å². The van der Waals surface area contributed by atoms with Crippen LogP contribution < -0.4 is 0 Å². The van der Waals surface area contributed by atoms with Crippen molar-refractivity contribution in [2.45, 2.75) is 10.3 Å². The molecule has 0 bridgehead atoms. The minimum absolute atomic E-state index is 0.0846. The molecular weight excluding hydrogens is 316 g/mol. The molecule has 94 valence electrons. The SMILES string of the molecule is O=S(=O)(c1ccccc1Br)C(O)c1ccccc1. The molecule has 2 aromatic carbocycles. The Labute approximate surface area is 114 Å². The summed E-state index contributed by atoms with van der Waals surface area (Å²) in [5.74, 6) is 0. The number of hydrogen-bond acceptors (Lipinski definition) is 3. The van der Waals surface area contributed by atoms with Gasteiger partial charge in [0, 0.05) is 4.47 Å². The first kappa shape index (κ1) is 13.3. The summed E-state index contributed by atoms with van der Waals surface area (Å²) in [4.78, 5) is 0.0846. The number of rotatable bonds is 3. The molecule has 5 heteroatoms. The Morgan fingerprint density at radius 3 is 2.11 bits per heavy atom. The monoisotopic (exact) mass is 326 g/mol. The van der Waals surface area contributed by atoms with E-state index in [0.29, 0.717) is 10.0 Å². The quantitative estimate of drug-likeness (QED) is 0.943. The molecule has 0 saturated heterocycles. The third-order valence-electron chi connectivity index (χ3n) is 2.52. The molecule has 0 aliphatic rings. The summed E-state index contributed by atoms with van der Waals surface area (Å²) in [5.41, 5.74) is -1.20. The Morgan fingerprint density at radius 2 is 1.50 bits per heavy atom. The minimum Gasteiger partial charge on any atom is -0.373 e. The van der Waals surface area contributed by atoms with E-state index in [1.54, 1.807) is 48.5 Å². The third kappa shape index (κ3) is 2.48. The second-order valence-corrected chi connectivity index (χ2v) is 6.57. The standard InChI is InChI=1S/C13H11BrO3S/c14-11-8-4-5-9-12(11)18(16,17)13(15)10-6-2-1-3-7-10/h1-9,13,15H. The number of aliphatic hydroxyl groups is 1. The van der Waals surface area contributed by atoms with Gasteiger partial charge in [-0.1, -0.05) is 42.5 Å². The zero-order valence-electron chi connectivity index (χ0n) is 9.32. The molecule has 0 aliphatic heterocycles. The summed E-state index contributed by atoms with van der Waals surface area (Å²) in [6, 6.07) is 14.7. The van der Waals surface area contributed by atoms with E-state index < -0.39 is 15.3 Å². The van der Waals surface area contributed by atoms with Crippen molar-refractivity contribution < 1.29 is 13.5 Å². The maximum absolute atomic E-state index is 12.3. The molecule has 18 heavy (non-hydrogen) atoms. The zero-order valence-corrected chi connectivity index (χ0v) is 11.7. The van der Waals surface area contributed by atoms with Crippen LogP contribution in [0.5, 0.6) is 0 Å². The Hall–Kier alpha value is -1.17. The van der Waals surface area contributed by atoms with Crippen molar-refractivity contribution in [2.24, 2.45) is 0 Å². The summed E-state index contributed by atoms with van der Waals surface area (Å²) in [5, 5.41) is 10.0. The van der Waals surface area contributed by atoms with Crippen LogP contribution in [0.25, 0.3) is 0 Å².